The van der Waals surface area contributed by atoms with Crippen molar-refractivity contribution in [2.75, 3.05) is 5.32 Å². The van der Waals surface area contributed by atoms with Crippen LogP contribution < -0.4 is 5.32 Å². The average Bonchev–Trinajstić information content (AvgIpc) is 2.67. The molecule has 4 heteroatoms. The summed E-state index contributed by atoms with van der Waals surface area (Å²) < 4.78 is 0. The zero-order chi connectivity index (χ0) is 12.3. The fraction of sp³-hybridized carbons (Fsp3) is 0.308. The molecule has 1 heterocycles. The zero-order valence-electron chi connectivity index (χ0n) is 10.1. The normalized spacial score (nSPS) is 10.5. The zero-order valence-corrected chi connectivity index (χ0v) is 10.1. The second-order valence-electron chi connectivity index (χ2n) is 4.11. The SMILES string of the molecule is Cc1nc(CNc2cccc(CO)c2)[nH]c1C. The first-order chi connectivity index (χ1) is 8.19. The summed E-state index contributed by atoms with van der Waals surface area (Å²) in [5, 5.41) is 12.3. The number of aliphatic hydroxyl groups excluding tert-OH is 1. The molecule has 90 valence electrons. The fourth-order valence-electron chi connectivity index (χ4n) is 1.67. The first kappa shape index (κ1) is 11.7. The van der Waals surface area contributed by atoms with E-state index in [0.29, 0.717) is 6.54 Å². The molecule has 0 radical (unpaired) electrons. The summed E-state index contributed by atoms with van der Waals surface area (Å²) >= 11 is 0. The Bertz CT molecular complexity index is 486. The van der Waals surface area contributed by atoms with Crippen LogP contribution in [0, 0.1) is 13.8 Å². The van der Waals surface area contributed by atoms with E-state index in [0.717, 1.165) is 28.5 Å². The van der Waals surface area contributed by atoms with Gasteiger partial charge in [-0.1, -0.05) is 12.1 Å². The van der Waals surface area contributed by atoms with Gasteiger partial charge >= 0.3 is 0 Å². The standard InChI is InChI=1S/C13H17N3O/c1-9-10(2)16-13(15-9)7-14-12-5-3-4-11(6-12)8-17/h3-6,14,17H,7-8H2,1-2H3,(H,15,16). The smallest absolute Gasteiger partial charge is 0.125 e. The number of anilines is 1. The molecule has 17 heavy (non-hydrogen) atoms. The number of aromatic amines is 1. The highest BCUT2D eigenvalue weighted by molar-refractivity contribution is 5.45. The number of benzene rings is 1. The van der Waals surface area contributed by atoms with Gasteiger partial charge in [-0.25, -0.2) is 4.98 Å². The molecule has 0 amide bonds. The largest absolute Gasteiger partial charge is 0.392 e. The number of rotatable bonds is 4. The van der Waals surface area contributed by atoms with Crippen molar-refractivity contribution >= 4 is 5.69 Å². The number of nitrogens with one attached hydrogen (secondary N) is 2. The summed E-state index contributed by atoms with van der Waals surface area (Å²) in [4.78, 5) is 7.62. The van der Waals surface area contributed by atoms with Crippen LogP contribution >= 0.6 is 0 Å². The minimum Gasteiger partial charge on any atom is -0.392 e. The summed E-state index contributed by atoms with van der Waals surface area (Å²) in [7, 11) is 0. The summed E-state index contributed by atoms with van der Waals surface area (Å²) in [5.41, 5.74) is 4.03. The number of imidazole rings is 1. The van der Waals surface area contributed by atoms with E-state index in [1.54, 1.807) is 0 Å². The van der Waals surface area contributed by atoms with Gasteiger partial charge in [-0.15, -0.1) is 0 Å². The number of H-pyrrole nitrogens is 1. The first-order valence-electron chi connectivity index (χ1n) is 5.65. The van der Waals surface area contributed by atoms with Crippen molar-refractivity contribution in [1.29, 1.82) is 0 Å². The van der Waals surface area contributed by atoms with Crippen molar-refractivity contribution in [1.82, 2.24) is 9.97 Å². The number of nitrogens with zero attached hydrogens (tertiary/aromatic N) is 1. The third kappa shape index (κ3) is 2.85. The van der Waals surface area contributed by atoms with Crippen molar-refractivity contribution in [3.8, 4) is 0 Å². The molecule has 0 spiro atoms. The predicted molar refractivity (Wildman–Crippen MR) is 67.8 cm³/mol. The third-order valence-corrected chi connectivity index (χ3v) is 2.75. The molecular weight excluding hydrogens is 214 g/mol. The summed E-state index contributed by atoms with van der Waals surface area (Å²) in [6.07, 6.45) is 0. The lowest BCUT2D eigenvalue weighted by molar-refractivity contribution is 0.282. The highest BCUT2D eigenvalue weighted by Crippen LogP contribution is 2.12. The van der Waals surface area contributed by atoms with Gasteiger partial charge in [0.1, 0.15) is 5.82 Å². The first-order valence-corrected chi connectivity index (χ1v) is 5.65. The monoisotopic (exact) mass is 231 g/mol. The van der Waals surface area contributed by atoms with E-state index in [9.17, 15) is 0 Å². The van der Waals surface area contributed by atoms with Crippen LogP contribution in [0.25, 0.3) is 0 Å². The number of hydrogen-bond donors (Lipinski definition) is 3. The fourth-order valence-corrected chi connectivity index (χ4v) is 1.67. The Morgan fingerprint density at radius 2 is 2.18 bits per heavy atom. The van der Waals surface area contributed by atoms with Gasteiger partial charge in [0, 0.05) is 11.4 Å². The molecule has 0 unspecified atom stereocenters. The molecule has 1 aromatic carbocycles. The lowest BCUT2D eigenvalue weighted by atomic mass is 10.2. The maximum Gasteiger partial charge on any atom is 0.125 e. The number of aryl methyl sites for hydroxylation is 2. The Kier molecular flexibility index (Phi) is 3.44. The molecule has 0 atom stereocenters. The third-order valence-electron chi connectivity index (χ3n) is 2.75. The van der Waals surface area contributed by atoms with E-state index < -0.39 is 0 Å². The number of aromatic nitrogens is 2. The highest BCUT2D eigenvalue weighted by Gasteiger charge is 2.02. The lowest BCUT2D eigenvalue weighted by Gasteiger charge is -2.05. The maximum atomic E-state index is 9.04. The predicted octanol–water partition coefficient (Wildman–Crippen LogP) is 2.13. The molecule has 0 saturated carbocycles. The number of aliphatic hydroxyl groups is 1. The van der Waals surface area contributed by atoms with Crippen LogP contribution in [0.1, 0.15) is 22.8 Å². The quantitative estimate of drug-likeness (QED) is 0.755. The Balaban J connectivity index is 2.01. The Labute approximate surface area is 101 Å². The van der Waals surface area contributed by atoms with E-state index in [-0.39, 0.29) is 6.61 Å². The van der Waals surface area contributed by atoms with Crippen LogP contribution in [0.2, 0.25) is 0 Å². The van der Waals surface area contributed by atoms with Gasteiger partial charge in [0.15, 0.2) is 0 Å². The van der Waals surface area contributed by atoms with E-state index in [4.69, 9.17) is 5.11 Å². The molecular formula is C13H17N3O. The van der Waals surface area contributed by atoms with Crippen LogP contribution in [0.5, 0.6) is 0 Å². The second-order valence-corrected chi connectivity index (χ2v) is 4.11. The van der Waals surface area contributed by atoms with E-state index >= 15 is 0 Å². The maximum absolute atomic E-state index is 9.04. The van der Waals surface area contributed by atoms with Crippen molar-refractivity contribution in [3.63, 3.8) is 0 Å². The molecule has 1 aromatic heterocycles. The Morgan fingerprint density at radius 1 is 1.35 bits per heavy atom. The second kappa shape index (κ2) is 5.01. The van der Waals surface area contributed by atoms with Crippen LogP contribution in [-0.4, -0.2) is 15.1 Å². The van der Waals surface area contributed by atoms with Crippen LogP contribution in [0.4, 0.5) is 5.69 Å². The Morgan fingerprint density at radius 3 is 2.82 bits per heavy atom. The topological polar surface area (TPSA) is 60.9 Å². The van der Waals surface area contributed by atoms with Gasteiger partial charge in [-0.05, 0) is 31.5 Å². The van der Waals surface area contributed by atoms with Gasteiger partial charge in [0.05, 0.1) is 18.8 Å². The molecule has 0 fully saturated rings. The molecule has 2 rings (SSSR count). The minimum atomic E-state index is 0.0640. The van der Waals surface area contributed by atoms with E-state index in [1.807, 2.05) is 38.1 Å². The number of hydrogen-bond acceptors (Lipinski definition) is 3. The Hall–Kier alpha value is -1.81. The van der Waals surface area contributed by atoms with Gasteiger partial charge in [-0.3, -0.25) is 0 Å². The molecule has 4 nitrogen and oxygen atoms in total. The van der Waals surface area contributed by atoms with Crippen LogP contribution in [-0.2, 0) is 13.2 Å². The van der Waals surface area contributed by atoms with Crippen molar-refractivity contribution in [2.45, 2.75) is 27.0 Å². The molecule has 0 aliphatic carbocycles. The molecule has 3 N–H and O–H groups in total. The molecule has 0 bridgehead atoms. The van der Waals surface area contributed by atoms with Crippen LogP contribution in [0.15, 0.2) is 24.3 Å². The van der Waals surface area contributed by atoms with Gasteiger partial charge in [0.2, 0.25) is 0 Å². The van der Waals surface area contributed by atoms with Crippen LogP contribution in [0.3, 0.4) is 0 Å². The van der Waals surface area contributed by atoms with E-state index in [1.165, 1.54) is 0 Å². The summed E-state index contributed by atoms with van der Waals surface area (Å²) in [5.74, 6) is 0.925. The average molecular weight is 231 g/mol. The van der Waals surface area contributed by atoms with Crippen molar-refractivity contribution < 1.29 is 5.11 Å². The van der Waals surface area contributed by atoms with Gasteiger partial charge < -0.3 is 15.4 Å². The van der Waals surface area contributed by atoms with E-state index in [2.05, 4.69) is 15.3 Å². The highest BCUT2D eigenvalue weighted by atomic mass is 16.3. The van der Waals surface area contributed by atoms with Gasteiger partial charge in [0.25, 0.3) is 0 Å². The molecule has 0 saturated heterocycles. The molecule has 0 aliphatic rings. The van der Waals surface area contributed by atoms with Gasteiger partial charge in [-0.2, -0.15) is 0 Å². The summed E-state index contributed by atoms with van der Waals surface area (Å²) in [6, 6.07) is 7.73. The van der Waals surface area contributed by atoms with Crippen molar-refractivity contribution in [2.24, 2.45) is 0 Å². The van der Waals surface area contributed by atoms with Crippen molar-refractivity contribution in [3.05, 3.63) is 47.0 Å². The summed E-state index contributed by atoms with van der Waals surface area (Å²) in [6.45, 7) is 4.72. The molecule has 2 aromatic rings. The molecule has 0 aliphatic heterocycles. The lowest BCUT2D eigenvalue weighted by Crippen LogP contribution is -2.01. The minimum absolute atomic E-state index is 0.0640.